The fourth-order valence-corrected chi connectivity index (χ4v) is 4.27. The zero-order valence-corrected chi connectivity index (χ0v) is 16.1. The molecule has 1 atom stereocenters. The van der Waals surface area contributed by atoms with Crippen molar-refractivity contribution in [3.8, 4) is 5.88 Å². The Morgan fingerprint density at radius 2 is 1.93 bits per heavy atom. The maximum atomic E-state index is 13.3. The van der Waals surface area contributed by atoms with Crippen LogP contribution < -0.4 is 15.4 Å². The van der Waals surface area contributed by atoms with Gasteiger partial charge in [0.1, 0.15) is 17.4 Å². The molecule has 29 heavy (non-hydrogen) atoms. The maximum absolute atomic E-state index is 13.3. The van der Waals surface area contributed by atoms with Crippen LogP contribution >= 0.6 is 0 Å². The molecule has 2 amide bonds. The molecule has 156 valence electrons. The Kier molecular flexibility index (Phi) is 4.02. The quantitative estimate of drug-likeness (QED) is 0.778. The summed E-state index contributed by atoms with van der Waals surface area (Å²) in [4.78, 5) is 32.4. The summed E-state index contributed by atoms with van der Waals surface area (Å²) in [6.07, 6.45) is 4.73. The van der Waals surface area contributed by atoms with Gasteiger partial charge in [0.2, 0.25) is 11.8 Å². The lowest BCUT2D eigenvalue weighted by atomic mass is 10.0. The third-order valence-electron chi connectivity index (χ3n) is 6.45. The van der Waals surface area contributed by atoms with Gasteiger partial charge in [-0.05, 0) is 55.6 Å². The van der Waals surface area contributed by atoms with Crippen molar-refractivity contribution in [1.82, 2.24) is 9.88 Å². The van der Waals surface area contributed by atoms with E-state index in [1.165, 1.54) is 15.9 Å². The Hall–Kier alpha value is -2.45. The van der Waals surface area contributed by atoms with Crippen molar-refractivity contribution in [2.24, 2.45) is 17.1 Å². The van der Waals surface area contributed by atoms with Crippen LogP contribution in [0.15, 0.2) is 12.1 Å². The molecule has 0 aromatic carbocycles. The number of alkyl halides is 2. The largest absolute Gasteiger partial charge is 0.476 e. The number of nitrogens with zero attached hydrogens (tertiary/aromatic N) is 3. The van der Waals surface area contributed by atoms with Crippen molar-refractivity contribution in [2.75, 3.05) is 31.1 Å². The van der Waals surface area contributed by atoms with Crippen LogP contribution in [0.4, 0.5) is 14.5 Å². The van der Waals surface area contributed by atoms with E-state index < -0.39 is 17.9 Å². The van der Waals surface area contributed by atoms with Gasteiger partial charge in [-0.25, -0.2) is 13.8 Å². The van der Waals surface area contributed by atoms with Gasteiger partial charge >= 0.3 is 0 Å². The number of halogens is 2. The lowest BCUT2D eigenvalue weighted by Crippen LogP contribution is -2.56. The Morgan fingerprint density at radius 3 is 2.52 bits per heavy atom. The van der Waals surface area contributed by atoms with Gasteiger partial charge in [0.25, 0.3) is 11.8 Å². The van der Waals surface area contributed by atoms with Gasteiger partial charge < -0.3 is 20.3 Å². The van der Waals surface area contributed by atoms with Crippen LogP contribution in [0.1, 0.15) is 42.6 Å². The molecule has 2 aliphatic carbocycles. The van der Waals surface area contributed by atoms with E-state index in [1.807, 2.05) is 0 Å². The van der Waals surface area contributed by atoms with Crippen molar-refractivity contribution >= 4 is 17.5 Å². The summed E-state index contributed by atoms with van der Waals surface area (Å²) in [5.41, 5.74) is 6.17. The first-order valence-corrected chi connectivity index (χ1v) is 10.1. The summed E-state index contributed by atoms with van der Waals surface area (Å²) in [7, 11) is 0. The second kappa shape index (κ2) is 6.27. The number of ether oxygens (including phenoxy) is 1. The number of aromatic nitrogens is 1. The molecule has 0 radical (unpaired) electrons. The predicted molar refractivity (Wildman–Crippen MR) is 99.9 cm³/mol. The highest BCUT2D eigenvalue weighted by atomic mass is 19.3. The zero-order chi connectivity index (χ0) is 20.4. The van der Waals surface area contributed by atoms with Crippen LogP contribution in [-0.2, 0) is 4.79 Å². The normalized spacial score (nSPS) is 26.3. The smallest absolute Gasteiger partial charge is 0.282 e. The van der Waals surface area contributed by atoms with E-state index in [2.05, 4.69) is 4.98 Å². The van der Waals surface area contributed by atoms with Gasteiger partial charge in [-0.1, -0.05) is 0 Å². The maximum Gasteiger partial charge on any atom is 0.282 e. The Balaban J connectivity index is 1.39. The van der Waals surface area contributed by atoms with Crippen molar-refractivity contribution in [3.05, 3.63) is 17.8 Å². The van der Waals surface area contributed by atoms with Gasteiger partial charge in [0, 0.05) is 6.54 Å². The first-order chi connectivity index (χ1) is 13.8. The highest BCUT2D eigenvalue weighted by Crippen LogP contribution is 2.55. The SMILES string of the molecule is NC(=O)C1CC2(CC2)CN1C(=O)c1ccc(N2CC(F)(F)C2)c(OCC2CC2)n1. The number of hydrogen-bond donors (Lipinski definition) is 1. The van der Waals surface area contributed by atoms with Crippen molar-refractivity contribution in [1.29, 1.82) is 0 Å². The Labute approximate surface area is 167 Å². The molecule has 1 aromatic rings. The summed E-state index contributed by atoms with van der Waals surface area (Å²) in [5, 5.41) is 0. The molecule has 3 heterocycles. The molecule has 7 nitrogen and oxygen atoms in total. The van der Waals surface area contributed by atoms with Gasteiger partial charge in [-0.15, -0.1) is 0 Å². The molecule has 9 heteroatoms. The third kappa shape index (κ3) is 3.51. The third-order valence-corrected chi connectivity index (χ3v) is 6.45. The fraction of sp³-hybridized carbons (Fsp3) is 0.650. The van der Waals surface area contributed by atoms with E-state index in [0.717, 1.165) is 25.7 Å². The minimum Gasteiger partial charge on any atom is -0.476 e. The lowest BCUT2D eigenvalue weighted by Gasteiger charge is -2.40. The average Bonchev–Trinajstić information content (AvgIpc) is 3.56. The molecule has 5 rings (SSSR count). The van der Waals surface area contributed by atoms with Crippen molar-refractivity contribution < 1.29 is 23.1 Å². The van der Waals surface area contributed by atoms with E-state index >= 15 is 0 Å². The molecule has 2 saturated heterocycles. The second-order valence-electron chi connectivity index (χ2n) is 9.04. The predicted octanol–water partition coefficient (Wildman–Crippen LogP) is 1.81. The standard InChI is InChI=1S/C20H24F2N4O3/c21-20(22)10-25(11-20)14-4-3-13(24-17(14)29-8-12-1-2-12)18(28)26-9-19(5-6-19)7-15(26)16(23)27/h3-4,12,15H,1-2,5-11H2,(H2,23,27). The summed E-state index contributed by atoms with van der Waals surface area (Å²) < 4.78 is 32.5. The molecule has 1 spiro atoms. The summed E-state index contributed by atoms with van der Waals surface area (Å²) in [5.74, 6) is -2.94. The molecule has 1 aromatic heterocycles. The Bertz CT molecular complexity index is 861. The van der Waals surface area contributed by atoms with Crippen molar-refractivity contribution in [3.63, 3.8) is 0 Å². The molecule has 2 aliphatic heterocycles. The van der Waals surface area contributed by atoms with Crippen LogP contribution in [0.5, 0.6) is 5.88 Å². The molecule has 4 fully saturated rings. The number of carbonyl (C=O) groups excluding carboxylic acids is 2. The summed E-state index contributed by atoms with van der Waals surface area (Å²) in [6.45, 7) is 0.179. The summed E-state index contributed by atoms with van der Waals surface area (Å²) >= 11 is 0. The first kappa shape index (κ1) is 18.6. The van der Waals surface area contributed by atoms with E-state index in [-0.39, 0.29) is 36.0 Å². The minimum absolute atomic E-state index is 0.0177. The number of likely N-dealkylation sites (tertiary alicyclic amines) is 1. The highest BCUT2D eigenvalue weighted by molar-refractivity contribution is 5.97. The van der Waals surface area contributed by atoms with Crippen LogP contribution in [0.25, 0.3) is 0 Å². The second-order valence-corrected chi connectivity index (χ2v) is 9.04. The number of rotatable bonds is 6. The van der Waals surface area contributed by atoms with Crippen LogP contribution in [-0.4, -0.2) is 59.9 Å². The number of nitrogens with two attached hydrogens (primary N) is 1. The molecule has 1 unspecified atom stereocenters. The van der Waals surface area contributed by atoms with Gasteiger partial charge in [0.05, 0.1) is 19.7 Å². The van der Waals surface area contributed by atoms with E-state index in [4.69, 9.17) is 10.5 Å². The van der Waals surface area contributed by atoms with Crippen LogP contribution in [0.2, 0.25) is 0 Å². The molecular formula is C20H24F2N4O3. The zero-order valence-electron chi connectivity index (χ0n) is 16.1. The number of anilines is 1. The molecule has 2 N–H and O–H groups in total. The first-order valence-electron chi connectivity index (χ1n) is 10.1. The number of carbonyl (C=O) groups is 2. The van der Waals surface area contributed by atoms with Crippen LogP contribution in [0, 0.1) is 11.3 Å². The fourth-order valence-electron chi connectivity index (χ4n) is 4.27. The van der Waals surface area contributed by atoms with Crippen molar-refractivity contribution in [2.45, 2.75) is 44.1 Å². The van der Waals surface area contributed by atoms with Crippen LogP contribution in [0.3, 0.4) is 0 Å². The monoisotopic (exact) mass is 406 g/mol. The van der Waals surface area contributed by atoms with E-state index in [9.17, 15) is 18.4 Å². The van der Waals surface area contributed by atoms with E-state index in [1.54, 1.807) is 6.07 Å². The number of hydrogen-bond acceptors (Lipinski definition) is 5. The topological polar surface area (TPSA) is 88.8 Å². The number of primary amides is 1. The number of amides is 2. The molecule has 0 bridgehead atoms. The summed E-state index contributed by atoms with van der Waals surface area (Å²) in [6, 6.07) is 2.50. The molecule has 2 saturated carbocycles. The highest BCUT2D eigenvalue weighted by Gasteiger charge is 2.55. The van der Waals surface area contributed by atoms with Gasteiger partial charge in [-0.3, -0.25) is 9.59 Å². The van der Waals surface area contributed by atoms with Gasteiger partial charge in [-0.2, -0.15) is 0 Å². The van der Waals surface area contributed by atoms with Gasteiger partial charge in [0.15, 0.2) is 0 Å². The lowest BCUT2D eigenvalue weighted by molar-refractivity contribution is -0.121. The molecular weight excluding hydrogens is 382 g/mol. The molecule has 4 aliphatic rings. The number of pyridine rings is 1. The minimum atomic E-state index is -2.72. The Morgan fingerprint density at radius 1 is 1.21 bits per heavy atom. The average molecular weight is 406 g/mol. The van der Waals surface area contributed by atoms with E-state index in [0.29, 0.717) is 31.2 Å².